The largest absolute Gasteiger partial charge is 0.478 e. The molecule has 0 aromatic heterocycles. The van der Waals surface area contributed by atoms with Gasteiger partial charge in [-0.05, 0) is 13.3 Å². The quantitative estimate of drug-likeness (QED) is 0.593. The highest BCUT2D eigenvalue weighted by Gasteiger charge is 2.21. The lowest BCUT2D eigenvalue weighted by molar-refractivity contribution is -0.134. The number of hydrogen-bond acceptors (Lipinski definition) is 3. The average molecular weight is 296 g/mol. The van der Waals surface area contributed by atoms with E-state index in [4.69, 9.17) is 10.2 Å². The van der Waals surface area contributed by atoms with Crippen molar-refractivity contribution in [3.05, 3.63) is 35.5 Å². The Kier molecular flexibility index (Phi) is 7.13. The molecular formula is C15H20O6. The van der Waals surface area contributed by atoms with Crippen LogP contribution in [0.2, 0.25) is 0 Å². The number of carboxylic acids is 3. The first-order valence-corrected chi connectivity index (χ1v) is 6.40. The summed E-state index contributed by atoms with van der Waals surface area (Å²) in [5, 5.41) is 27.0. The van der Waals surface area contributed by atoms with E-state index in [0.717, 1.165) is 0 Å². The molecule has 0 fully saturated rings. The SMILES string of the molecule is C=C(C(=O)O)C(C)C=C(C(=O)O)C(C=C(C)C(=O)O)CC. The maximum Gasteiger partial charge on any atom is 0.331 e. The van der Waals surface area contributed by atoms with E-state index in [1.54, 1.807) is 6.92 Å². The molecule has 0 spiro atoms. The fourth-order valence-corrected chi connectivity index (χ4v) is 1.72. The molecule has 0 aliphatic rings. The normalized spacial score (nSPS) is 15.2. The van der Waals surface area contributed by atoms with Crippen LogP contribution in [0.3, 0.4) is 0 Å². The number of carbonyl (C=O) groups is 3. The third-order valence-corrected chi connectivity index (χ3v) is 3.13. The van der Waals surface area contributed by atoms with Crippen molar-refractivity contribution in [3.8, 4) is 0 Å². The number of hydrogen-bond donors (Lipinski definition) is 3. The van der Waals surface area contributed by atoms with Crippen molar-refractivity contribution < 1.29 is 29.7 Å². The fourth-order valence-electron chi connectivity index (χ4n) is 1.72. The molecule has 0 saturated heterocycles. The van der Waals surface area contributed by atoms with Gasteiger partial charge in [0.1, 0.15) is 0 Å². The number of allylic oxidation sites excluding steroid dienone is 2. The molecule has 0 aromatic carbocycles. The van der Waals surface area contributed by atoms with E-state index in [-0.39, 0.29) is 16.7 Å². The topological polar surface area (TPSA) is 112 Å². The van der Waals surface area contributed by atoms with E-state index < -0.39 is 29.7 Å². The van der Waals surface area contributed by atoms with Crippen molar-refractivity contribution in [1.29, 1.82) is 0 Å². The third kappa shape index (κ3) is 5.64. The smallest absolute Gasteiger partial charge is 0.331 e. The van der Waals surface area contributed by atoms with Gasteiger partial charge in [-0.25, -0.2) is 14.4 Å². The van der Waals surface area contributed by atoms with Crippen molar-refractivity contribution in [2.24, 2.45) is 11.8 Å². The van der Waals surface area contributed by atoms with Gasteiger partial charge in [0.15, 0.2) is 0 Å². The average Bonchev–Trinajstić information content (AvgIpc) is 2.40. The molecule has 0 aromatic rings. The van der Waals surface area contributed by atoms with Crippen LogP contribution in [-0.4, -0.2) is 33.2 Å². The van der Waals surface area contributed by atoms with Gasteiger partial charge >= 0.3 is 17.9 Å². The Morgan fingerprint density at radius 3 is 1.90 bits per heavy atom. The van der Waals surface area contributed by atoms with Crippen molar-refractivity contribution in [1.82, 2.24) is 0 Å². The monoisotopic (exact) mass is 296 g/mol. The van der Waals surface area contributed by atoms with Crippen molar-refractivity contribution in [2.75, 3.05) is 0 Å². The Bertz CT molecular complexity index is 512. The summed E-state index contributed by atoms with van der Waals surface area (Å²) >= 11 is 0. The molecule has 0 heterocycles. The van der Waals surface area contributed by atoms with Crippen LogP contribution in [-0.2, 0) is 14.4 Å². The Hall–Kier alpha value is -2.37. The van der Waals surface area contributed by atoms with E-state index in [1.807, 2.05) is 0 Å². The second-order valence-corrected chi connectivity index (χ2v) is 4.72. The van der Waals surface area contributed by atoms with Crippen LogP contribution in [0.15, 0.2) is 35.5 Å². The molecule has 6 heteroatoms. The number of rotatable bonds is 8. The van der Waals surface area contributed by atoms with Crippen LogP contribution >= 0.6 is 0 Å². The predicted molar refractivity (Wildman–Crippen MR) is 76.8 cm³/mol. The number of aliphatic carboxylic acids is 3. The van der Waals surface area contributed by atoms with E-state index in [0.29, 0.717) is 6.42 Å². The Labute approximate surface area is 123 Å². The summed E-state index contributed by atoms with van der Waals surface area (Å²) < 4.78 is 0. The van der Waals surface area contributed by atoms with E-state index in [1.165, 1.54) is 26.0 Å². The van der Waals surface area contributed by atoms with Gasteiger partial charge in [0.2, 0.25) is 0 Å². The summed E-state index contributed by atoms with van der Waals surface area (Å²) in [6, 6.07) is 0. The molecule has 0 radical (unpaired) electrons. The van der Waals surface area contributed by atoms with E-state index in [9.17, 15) is 19.5 Å². The van der Waals surface area contributed by atoms with Crippen LogP contribution < -0.4 is 0 Å². The molecule has 2 atom stereocenters. The maximum absolute atomic E-state index is 11.4. The first-order chi connectivity index (χ1) is 9.61. The zero-order valence-electron chi connectivity index (χ0n) is 12.3. The molecule has 0 aliphatic heterocycles. The first kappa shape index (κ1) is 18.6. The molecule has 116 valence electrons. The fraction of sp³-hybridized carbons (Fsp3) is 0.400. The second-order valence-electron chi connectivity index (χ2n) is 4.72. The van der Waals surface area contributed by atoms with Gasteiger partial charge in [0, 0.05) is 28.6 Å². The lowest BCUT2D eigenvalue weighted by Gasteiger charge is -2.15. The predicted octanol–water partition coefficient (Wildman–Crippen LogP) is 2.33. The molecule has 0 amide bonds. The summed E-state index contributed by atoms with van der Waals surface area (Å²) in [4.78, 5) is 33.0. The summed E-state index contributed by atoms with van der Waals surface area (Å²) in [5.41, 5.74) is -0.116. The zero-order chi connectivity index (χ0) is 16.7. The van der Waals surface area contributed by atoms with Gasteiger partial charge in [0.25, 0.3) is 0 Å². The number of carboxylic acid groups (broad SMARTS) is 3. The summed E-state index contributed by atoms with van der Waals surface area (Å²) in [6.07, 6.45) is 3.05. The minimum absolute atomic E-state index is 0.0343. The molecule has 0 aliphatic carbocycles. The van der Waals surface area contributed by atoms with Gasteiger partial charge in [-0.3, -0.25) is 0 Å². The second kappa shape index (κ2) is 8.04. The van der Waals surface area contributed by atoms with E-state index >= 15 is 0 Å². The van der Waals surface area contributed by atoms with Crippen LogP contribution in [0.5, 0.6) is 0 Å². The standard InChI is InChI=1S/C15H20O6/c1-5-11(6-9(3)13(16)17)12(15(20)21)7-8(2)10(4)14(18)19/h6-8,11H,4-5H2,1-3H3,(H,16,17)(H,18,19)(H,20,21). The molecule has 2 unspecified atom stereocenters. The summed E-state index contributed by atoms with van der Waals surface area (Å²) in [5.74, 6) is -4.81. The highest BCUT2D eigenvalue weighted by molar-refractivity contribution is 5.91. The lowest BCUT2D eigenvalue weighted by atomic mass is 9.89. The first-order valence-electron chi connectivity index (χ1n) is 6.40. The van der Waals surface area contributed by atoms with E-state index in [2.05, 4.69) is 6.58 Å². The van der Waals surface area contributed by atoms with Crippen molar-refractivity contribution >= 4 is 17.9 Å². The summed E-state index contributed by atoms with van der Waals surface area (Å²) in [6.45, 7) is 8.03. The minimum atomic E-state index is -1.21. The van der Waals surface area contributed by atoms with Crippen LogP contribution in [0.1, 0.15) is 27.2 Å². The van der Waals surface area contributed by atoms with Gasteiger partial charge < -0.3 is 15.3 Å². The Morgan fingerprint density at radius 1 is 1.05 bits per heavy atom. The molecule has 0 bridgehead atoms. The lowest BCUT2D eigenvalue weighted by Crippen LogP contribution is -2.15. The Balaban J connectivity index is 5.61. The highest BCUT2D eigenvalue weighted by atomic mass is 16.4. The molecule has 0 rings (SSSR count). The van der Waals surface area contributed by atoms with Crippen LogP contribution in [0.25, 0.3) is 0 Å². The molecular weight excluding hydrogens is 276 g/mol. The zero-order valence-corrected chi connectivity index (χ0v) is 12.3. The van der Waals surface area contributed by atoms with Crippen LogP contribution in [0.4, 0.5) is 0 Å². The van der Waals surface area contributed by atoms with Gasteiger partial charge in [-0.1, -0.05) is 32.6 Å². The van der Waals surface area contributed by atoms with Crippen molar-refractivity contribution in [3.63, 3.8) is 0 Å². The third-order valence-electron chi connectivity index (χ3n) is 3.13. The van der Waals surface area contributed by atoms with Gasteiger partial charge in [-0.15, -0.1) is 0 Å². The highest BCUT2D eigenvalue weighted by Crippen LogP contribution is 2.23. The van der Waals surface area contributed by atoms with Crippen molar-refractivity contribution in [2.45, 2.75) is 27.2 Å². The van der Waals surface area contributed by atoms with Gasteiger partial charge in [-0.2, -0.15) is 0 Å². The summed E-state index contributed by atoms with van der Waals surface area (Å²) in [7, 11) is 0. The Morgan fingerprint density at radius 2 is 1.57 bits per heavy atom. The minimum Gasteiger partial charge on any atom is -0.478 e. The molecule has 21 heavy (non-hydrogen) atoms. The molecule has 6 nitrogen and oxygen atoms in total. The molecule has 3 N–H and O–H groups in total. The molecule has 0 saturated carbocycles. The van der Waals surface area contributed by atoms with Crippen LogP contribution in [0, 0.1) is 11.8 Å². The maximum atomic E-state index is 11.4. The van der Waals surface area contributed by atoms with Gasteiger partial charge in [0.05, 0.1) is 0 Å².